The van der Waals surface area contributed by atoms with Gasteiger partial charge in [0.2, 0.25) is 5.91 Å². The van der Waals surface area contributed by atoms with Crippen LogP contribution in [0.3, 0.4) is 0 Å². The lowest BCUT2D eigenvalue weighted by Crippen LogP contribution is -2.38. The third-order valence-electron chi connectivity index (χ3n) is 5.50. The lowest BCUT2D eigenvalue weighted by molar-refractivity contribution is -0.126. The van der Waals surface area contributed by atoms with Crippen molar-refractivity contribution in [2.24, 2.45) is 23.2 Å². The predicted octanol–water partition coefficient (Wildman–Crippen LogP) is 3.17. The molecular formula is C19H23NO2. The number of hydrogen-bond acceptors (Lipinski definition) is 2. The molecule has 3 aliphatic carbocycles. The molecule has 0 unspecified atom stereocenters. The van der Waals surface area contributed by atoms with Crippen LogP contribution in [0.4, 0.5) is 0 Å². The van der Waals surface area contributed by atoms with Crippen molar-refractivity contribution < 1.29 is 9.53 Å². The number of amides is 1. The summed E-state index contributed by atoms with van der Waals surface area (Å²) in [5.74, 6) is 2.51. The minimum Gasteiger partial charge on any atom is -0.493 e. The molecule has 3 nitrogen and oxygen atoms in total. The molecule has 1 aromatic rings. The van der Waals surface area contributed by atoms with E-state index in [1.165, 1.54) is 6.42 Å². The van der Waals surface area contributed by atoms with Gasteiger partial charge in [-0.25, -0.2) is 0 Å². The molecule has 3 aliphatic rings. The normalized spacial score (nSPS) is 30.3. The van der Waals surface area contributed by atoms with Crippen molar-refractivity contribution in [1.29, 1.82) is 0 Å². The molecule has 1 N–H and O–H groups in total. The first-order chi connectivity index (χ1) is 10.7. The van der Waals surface area contributed by atoms with Crippen molar-refractivity contribution in [3.05, 3.63) is 42.5 Å². The van der Waals surface area contributed by atoms with E-state index in [2.05, 4.69) is 17.5 Å². The standard InChI is InChI=1S/C19H23NO2/c21-18(17-11-14-6-7-15(17)10-14)20-12-19(8-9-19)13-22-16-4-2-1-3-5-16/h1-7,14-15,17H,8-13H2,(H,20,21)/t14-,15+,17-/m0/s1. The fourth-order valence-corrected chi connectivity index (χ4v) is 3.79. The zero-order valence-corrected chi connectivity index (χ0v) is 12.8. The highest BCUT2D eigenvalue weighted by atomic mass is 16.5. The molecule has 0 saturated heterocycles. The SMILES string of the molecule is O=C(NCC1(COc2ccccc2)CC1)[C@H]1C[C@H]2C=C[C@@H]1C2. The largest absolute Gasteiger partial charge is 0.493 e. The minimum atomic E-state index is 0.166. The minimum absolute atomic E-state index is 0.166. The van der Waals surface area contributed by atoms with Gasteiger partial charge in [-0.3, -0.25) is 4.79 Å². The van der Waals surface area contributed by atoms with E-state index >= 15 is 0 Å². The monoisotopic (exact) mass is 297 g/mol. The second kappa shape index (κ2) is 5.45. The molecule has 22 heavy (non-hydrogen) atoms. The maximum absolute atomic E-state index is 12.4. The Morgan fingerprint density at radius 3 is 2.64 bits per heavy atom. The Labute approximate surface area is 131 Å². The Morgan fingerprint density at radius 2 is 2.00 bits per heavy atom. The number of rotatable bonds is 6. The molecule has 4 rings (SSSR count). The number of para-hydroxylation sites is 1. The summed E-state index contributed by atoms with van der Waals surface area (Å²) in [5.41, 5.74) is 0.166. The van der Waals surface area contributed by atoms with Gasteiger partial charge < -0.3 is 10.1 Å². The van der Waals surface area contributed by atoms with Crippen LogP contribution in [0.2, 0.25) is 0 Å². The third-order valence-corrected chi connectivity index (χ3v) is 5.50. The van der Waals surface area contributed by atoms with E-state index in [1.807, 2.05) is 30.3 Å². The van der Waals surface area contributed by atoms with E-state index in [4.69, 9.17) is 4.74 Å². The summed E-state index contributed by atoms with van der Waals surface area (Å²) in [4.78, 5) is 12.4. The maximum atomic E-state index is 12.4. The first kappa shape index (κ1) is 13.9. The topological polar surface area (TPSA) is 38.3 Å². The van der Waals surface area contributed by atoms with Crippen LogP contribution in [0.15, 0.2) is 42.5 Å². The fraction of sp³-hybridized carbons (Fsp3) is 0.526. The highest BCUT2D eigenvalue weighted by Crippen LogP contribution is 2.46. The zero-order chi connectivity index (χ0) is 15.0. The van der Waals surface area contributed by atoms with Crippen LogP contribution in [-0.4, -0.2) is 19.1 Å². The van der Waals surface area contributed by atoms with Crippen molar-refractivity contribution in [1.82, 2.24) is 5.32 Å². The first-order valence-electron chi connectivity index (χ1n) is 8.38. The summed E-state index contributed by atoms with van der Waals surface area (Å²) in [7, 11) is 0. The van der Waals surface area contributed by atoms with Gasteiger partial charge in [0.05, 0.1) is 6.61 Å². The van der Waals surface area contributed by atoms with Crippen molar-refractivity contribution >= 4 is 5.91 Å². The van der Waals surface area contributed by atoms with Crippen molar-refractivity contribution in [3.63, 3.8) is 0 Å². The molecule has 2 saturated carbocycles. The molecule has 3 heteroatoms. The Morgan fingerprint density at radius 1 is 1.18 bits per heavy atom. The number of allylic oxidation sites excluding steroid dienone is 2. The number of benzene rings is 1. The summed E-state index contributed by atoms with van der Waals surface area (Å²) < 4.78 is 5.88. The molecule has 0 radical (unpaired) electrons. The van der Waals surface area contributed by atoms with E-state index in [1.54, 1.807) is 0 Å². The van der Waals surface area contributed by atoms with Gasteiger partial charge in [-0.15, -0.1) is 0 Å². The molecular weight excluding hydrogens is 274 g/mol. The van der Waals surface area contributed by atoms with Crippen LogP contribution >= 0.6 is 0 Å². The van der Waals surface area contributed by atoms with E-state index in [0.717, 1.165) is 31.6 Å². The molecule has 3 atom stereocenters. The molecule has 2 fully saturated rings. The summed E-state index contributed by atoms with van der Waals surface area (Å²) in [5, 5.41) is 3.20. The Balaban J connectivity index is 1.26. The van der Waals surface area contributed by atoms with Gasteiger partial charge in [0, 0.05) is 17.9 Å². The number of fused-ring (bicyclic) bond motifs is 2. The van der Waals surface area contributed by atoms with Crippen LogP contribution in [0.25, 0.3) is 0 Å². The van der Waals surface area contributed by atoms with Crippen LogP contribution in [-0.2, 0) is 4.79 Å². The van der Waals surface area contributed by atoms with Crippen LogP contribution in [0.1, 0.15) is 25.7 Å². The number of hydrogen-bond donors (Lipinski definition) is 1. The van der Waals surface area contributed by atoms with Gasteiger partial charge in [-0.1, -0.05) is 30.4 Å². The van der Waals surface area contributed by atoms with Crippen molar-refractivity contribution in [3.8, 4) is 5.75 Å². The van der Waals surface area contributed by atoms with Gasteiger partial charge in [-0.2, -0.15) is 0 Å². The number of nitrogens with one attached hydrogen (secondary N) is 1. The number of carbonyl (C=O) groups excluding carboxylic acids is 1. The van der Waals surface area contributed by atoms with E-state index in [9.17, 15) is 4.79 Å². The van der Waals surface area contributed by atoms with Gasteiger partial charge in [0.15, 0.2) is 0 Å². The summed E-state index contributed by atoms with van der Waals surface area (Å²) in [6.45, 7) is 1.46. The average molecular weight is 297 g/mol. The summed E-state index contributed by atoms with van der Waals surface area (Å²) in [6.07, 6.45) is 9.04. The van der Waals surface area contributed by atoms with Crippen LogP contribution in [0.5, 0.6) is 5.75 Å². The van der Waals surface area contributed by atoms with Gasteiger partial charge in [0.25, 0.3) is 0 Å². The van der Waals surface area contributed by atoms with Gasteiger partial charge in [0.1, 0.15) is 5.75 Å². The number of ether oxygens (including phenoxy) is 1. The molecule has 0 aliphatic heterocycles. The number of carbonyl (C=O) groups is 1. The molecule has 0 heterocycles. The highest BCUT2D eigenvalue weighted by molar-refractivity contribution is 5.80. The van der Waals surface area contributed by atoms with Crippen molar-refractivity contribution in [2.75, 3.05) is 13.2 Å². The van der Waals surface area contributed by atoms with E-state index < -0.39 is 0 Å². The smallest absolute Gasteiger partial charge is 0.223 e. The average Bonchev–Trinajstić information content (AvgIpc) is 3.01. The van der Waals surface area contributed by atoms with Crippen molar-refractivity contribution in [2.45, 2.75) is 25.7 Å². The molecule has 116 valence electrons. The highest BCUT2D eigenvalue weighted by Gasteiger charge is 2.45. The second-order valence-electron chi connectivity index (χ2n) is 7.21. The molecule has 0 aromatic heterocycles. The summed E-state index contributed by atoms with van der Waals surface area (Å²) in [6, 6.07) is 9.93. The van der Waals surface area contributed by atoms with Crippen LogP contribution < -0.4 is 10.1 Å². The quantitative estimate of drug-likeness (QED) is 0.819. The van der Waals surface area contributed by atoms with E-state index in [-0.39, 0.29) is 17.2 Å². The second-order valence-corrected chi connectivity index (χ2v) is 7.21. The Hall–Kier alpha value is -1.77. The summed E-state index contributed by atoms with van der Waals surface area (Å²) >= 11 is 0. The zero-order valence-electron chi connectivity index (χ0n) is 12.8. The van der Waals surface area contributed by atoms with Crippen LogP contribution in [0, 0.1) is 23.2 Å². The third kappa shape index (κ3) is 2.77. The van der Waals surface area contributed by atoms with Gasteiger partial charge >= 0.3 is 0 Å². The Bertz CT molecular complexity index is 576. The molecule has 1 amide bonds. The lowest BCUT2D eigenvalue weighted by Gasteiger charge is -2.21. The fourth-order valence-electron chi connectivity index (χ4n) is 3.79. The first-order valence-corrected chi connectivity index (χ1v) is 8.38. The molecule has 1 aromatic carbocycles. The Kier molecular flexibility index (Phi) is 3.44. The predicted molar refractivity (Wildman–Crippen MR) is 85.5 cm³/mol. The molecule has 2 bridgehead atoms. The lowest BCUT2D eigenvalue weighted by atomic mass is 9.92. The van der Waals surface area contributed by atoms with Gasteiger partial charge in [-0.05, 0) is 49.7 Å². The molecule has 0 spiro atoms. The van der Waals surface area contributed by atoms with E-state index in [0.29, 0.717) is 18.4 Å². The maximum Gasteiger partial charge on any atom is 0.223 e.